The molecular formula is C14H24N6O7. The molecule has 152 valence electrons. The number of carboxylic acid groups (broad SMARTS) is 1. The summed E-state index contributed by atoms with van der Waals surface area (Å²) < 4.78 is 0. The largest absolute Gasteiger partial charge is 0.480 e. The lowest BCUT2D eigenvalue weighted by atomic mass is 10.1. The molecule has 0 saturated heterocycles. The van der Waals surface area contributed by atoms with E-state index in [1.54, 1.807) is 0 Å². The van der Waals surface area contributed by atoms with E-state index in [4.69, 9.17) is 22.3 Å². The summed E-state index contributed by atoms with van der Waals surface area (Å²) in [5.74, 6) is -5.20. The number of hydrogen-bond acceptors (Lipinski definition) is 7. The molecule has 0 bridgehead atoms. The summed E-state index contributed by atoms with van der Waals surface area (Å²) in [6.07, 6.45) is -0.836. The lowest BCUT2D eigenvalue weighted by Gasteiger charge is -2.17. The van der Waals surface area contributed by atoms with Crippen LogP contribution < -0.4 is 33.2 Å². The van der Waals surface area contributed by atoms with Gasteiger partial charge >= 0.3 is 5.97 Å². The molecule has 3 atom stereocenters. The van der Waals surface area contributed by atoms with Crippen molar-refractivity contribution in [3.63, 3.8) is 0 Å². The third-order valence-corrected chi connectivity index (χ3v) is 3.25. The minimum Gasteiger partial charge on any atom is -0.480 e. The Balaban J connectivity index is 4.43. The highest BCUT2D eigenvalue weighted by atomic mass is 16.4. The van der Waals surface area contributed by atoms with Crippen molar-refractivity contribution in [2.75, 3.05) is 6.54 Å². The Morgan fingerprint density at radius 2 is 1.56 bits per heavy atom. The normalized spacial score (nSPS) is 13.6. The summed E-state index contributed by atoms with van der Waals surface area (Å²) in [5.41, 5.74) is 15.3. The zero-order valence-corrected chi connectivity index (χ0v) is 14.7. The zero-order chi connectivity index (χ0) is 21.1. The first kappa shape index (κ1) is 23.8. The second kappa shape index (κ2) is 11.4. The molecular weight excluding hydrogens is 364 g/mol. The molecule has 0 aliphatic carbocycles. The molecule has 0 radical (unpaired) electrons. The summed E-state index contributed by atoms with van der Waals surface area (Å²) in [6, 6.07) is -3.64. The number of carboxylic acids is 1. The second-order valence-electron chi connectivity index (χ2n) is 5.69. The predicted molar refractivity (Wildman–Crippen MR) is 90.4 cm³/mol. The van der Waals surface area contributed by atoms with Crippen molar-refractivity contribution in [3.8, 4) is 0 Å². The zero-order valence-electron chi connectivity index (χ0n) is 14.7. The Hall–Kier alpha value is -3.22. The van der Waals surface area contributed by atoms with Gasteiger partial charge in [0.05, 0.1) is 19.0 Å². The number of nitrogens with two attached hydrogens (primary N) is 3. The van der Waals surface area contributed by atoms with E-state index in [9.17, 15) is 28.8 Å². The van der Waals surface area contributed by atoms with Crippen LogP contribution in [0.25, 0.3) is 0 Å². The third kappa shape index (κ3) is 10.4. The molecule has 5 amide bonds. The van der Waals surface area contributed by atoms with Gasteiger partial charge in [-0.3, -0.25) is 24.0 Å². The fraction of sp³-hybridized carbons (Fsp3) is 0.571. The second-order valence-corrected chi connectivity index (χ2v) is 5.69. The van der Waals surface area contributed by atoms with Crippen molar-refractivity contribution in [2.45, 2.75) is 44.3 Å². The van der Waals surface area contributed by atoms with E-state index >= 15 is 0 Å². The van der Waals surface area contributed by atoms with Crippen LogP contribution in [-0.4, -0.2) is 65.3 Å². The van der Waals surface area contributed by atoms with Crippen molar-refractivity contribution in [2.24, 2.45) is 17.2 Å². The van der Waals surface area contributed by atoms with Gasteiger partial charge in [0.25, 0.3) is 0 Å². The fourth-order valence-electron chi connectivity index (χ4n) is 1.81. The van der Waals surface area contributed by atoms with Crippen LogP contribution in [0.1, 0.15) is 26.2 Å². The standard InChI is InChI=1S/C14H24N6O7/c1-6(19-13(25)7(15)4-10(17)22)12(24)18-5-11(23)20-8(14(26)27)2-3-9(16)21/h6-8H,2-5,15H2,1H3,(H2,16,21)(H2,17,22)(H,18,24)(H,19,25)(H,20,23)(H,26,27). The van der Waals surface area contributed by atoms with E-state index in [1.807, 2.05) is 0 Å². The molecule has 0 aliphatic heterocycles. The maximum absolute atomic E-state index is 11.8. The summed E-state index contributed by atoms with van der Waals surface area (Å²) in [7, 11) is 0. The van der Waals surface area contributed by atoms with Crippen molar-refractivity contribution in [1.29, 1.82) is 0 Å². The lowest BCUT2D eigenvalue weighted by Crippen LogP contribution is -2.52. The van der Waals surface area contributed by atoms with Crippen LogP contribution >= 0.6 is 0 Å². The smallest absolute Gasteiger partial charge is 0.326 e. The summed E-state index contributed by atoms with van der Waals surface area (Å²) in [6.45, 7) is 0.752. The lowest BCUT2D eigenvalue weighted by molar-refractivity contribution is -0.142. The van der Waals surface area contributed by atoms with Crippen LogP contribution in [0.15, 0.2) is 0 Å². The van der Waals surface area contributed by atoms with Crippen molar-refractivity contribution in [1.82, 2.24) is 16.0 Å². The maximum atomic E-state index is 11.8. The molecule has 13 nitrogen and oxygen atoms in total. The topological polar surface area (TPSA) is 237 Å². The van der Waals surface area contributed by atoms with Gasteiger partial charge in [0.2, 0.25) is 29.5 Å². The Morgan fingerprint density at radius 1 is 0.963 bits per heavy atom. The number of carbonyl (C=O) groups excluding carboxylic acids is 5. The highest BCUT2D eigenvalue weighted by Gasteiger charge is 2.23. The van der Waals surface area contributed by atoms with Crippen LogP contribution in [0, 0.1) is 0 Å². The number of carbonyl (C=O) groups is 6. The van der Waals surface area contributed by atoms with Crippen LogP contribution in [0.3, 0.4) is 0 Å². The summed E-state index contributed by atoms with van der Waals surface area (Å²) in [4.78, 5) is 67.6. The number of primary amides is 2. The van der Waals surface area contributed by atoms with Crippen LogP contribution in [0.4, 0.5) is 0 Å². The molecule has 10 N–H and O–H groups in total. The molecule has 3 unspecified atom stereocenters. The molecule has 0 saturated carbocycles. The van der Waals surface area contributed by atoms with Crippen LogP contribution in [-0.2, 0) is 28.8 Å². The molecule has 0 aromatic heterocycles. The fourth-order valence-corrected chi connectivity index (χ4v) is 1.81. The van der Waals surface area contributed by atoms with E-state index in [-0.39, 0.29) is 12.8 Å². The van der Waals surface area contributed by atoms with Gasteiger partial charge in [-0.1, -0.05) is 0 Å². The van der Waals surface area contributed by atoms with Gasteiger partial charge in [-0.2, -0.15) is 0 Å². The van der Waals surface area contributed by atoms with Gasteiger partial charge in [0, 0.05) is 6.42 Å². The molecule has 0 fully saturated rings. The Kier molecular flexibility index (Phi) is 10.0. The van der Waals surface area contributed by atoms with Crippen LogP contribution in [0.5, 0.6) is 0 Å². The first-order valence-corrected chi connectivity index (χ1v) is 7.86. The molecule has 13 heteroatoms. The van der Waals surface area contributed by atoms with E-state index in [0.29, 0.717) is 0 Å². The van der Waals surface area contributed by atoms with Gasteiger partial charge in [-0.25, -0.2) is 4.79 Å². The molecule has 0 aromatic carbocycles. The number of nitrogens with one attached hydrogen (secondary N) is 3. The highest BCUT2D eigenvalue weighted by molar-refractivity contribution is 5.93. The first-order chi connectivity index (χ1) is 12.4. The quantitative estimate of drug-likeness (QED) is 0.172. The summed E-state index contributed by atoms with van der Waals surface area (Å²) in [5, 5.41) is 15.5. The average molecular weight is 388 g/mol. The van der Waals surface area contributed by atoms with Gasteiger partial charge in [-0.05, 0) is 13.3 Å². The molecule has 0 aliphatic rings. The molecule has 0 spiro atoms. The van der Waals surface area contributed by atoms with E-state index in [2.05, 4.69) is 16.0 Å². The SMILES string of the molecule is CC(NC(=O)C(N)CC(N)=O)C(=O)NCC(=O)NC(CCC(N)=O)C(=O)O. The predicted octanol–water partition coefficient (Wildman–Crippen LogP) is -4.36. The minimum absolute atomic E-state index is 0.200. The van der Waals surface area contributed by atoms with E-state index in [1.165, 1.54) is 6.92 Å². The summed E-state index contributed by atoms with van der Waals surface area (Å²) >= 11 is 0. The van der Waals surface area contributed by atoms with Crippen LogP contribution in [0.2, 0.25) is 0 Å². The van der Waals surface area contributed by atoms with Gasteiger partial charge < -0.3 is 38.3 Å². The maximum Gasteiger partial charge on any atom is 0.326 e. The number of hydrogen-bond donors (Lipinski definition) is 7. The van der Waals surface area contributed by atoms with E-state index in [0.717, 1.165) is 0 Å². The number of rotatable bonds is 12. The first-order valence-electron chi connectivity index (χ1n) is 7.86. The van der Waals surface area contributed by atoms with Gasteiger partial charge in [0.1, 0.15) is 12.1 Å². The highest BCUT2D eigenvalue weighted by Crippen LogP contribution is 1.97. The molecule has 0 heterocycles. The minimum atomic E-state index is -1.36. The Morgan fingerprint density at radius 3 is 2.04 bits per heavy atom. The van der Waals surface area contributed by atoms with Gasteiger partial charge in [-0.15, -0.1) is 0 Å². The van der Waals surface area contributed by atoms with Crippen molar-refractivity contribution < 1.29 is 33.9 Å². The van der Waals surface area contributed by atoms with E-state index < -0.39 is 66.6 Å². The molecule has 27 heavy (non-hydrogen) atoms. The average Bonchev–Trinajstić information content (AvgIpc) is 2.54. The van der Waals surface area contributed by atoms with Crippen molar-refractivity contribution >= 4 is 35.5 Å². The Labute approximate surface area is 154 Å². The molecule has 0 aromatic rings. The Bertz CT molecular complexity index is 609. The molecule has 0 rings (SSSR count). The monoisotopic (exact) mass is 388 g/mol. The number of amides is 5. The number of aliphatic carboxylic acids is 1. The third-order valence-electron chi connectivity index (χ3n) is 3.25. The van der Waals surface area contributed by atoms with Gasteiger partial charge in [0.15, 0.2) is 0 Å². The van der Waals surface area contributed by atoms with Crippen molar-refractivity contribution in [3.05, 3.63) is 0 Å².